The molecule has 0 spiro atoms. The minimum Gasteiger partial charge on any atom is -0.468 e. The Morgan fingerprint density at radius 3 is 2.64 bits per heavy atom. The van der Waals surface area contributed by atoms with Crippen LogP contribution in [0.25, 0.3) is 0 Å². The molecule has 0 heterocycles. The van der Waals surface area contributed by atoms with E-state index in [1.807, 2.05) is 6.92 Å². The molecule has 0 saturated heterocycles. The average molecular weight is 201 g/mol. The molecule has 0 radical (unpaired) electrons. The number of ether oxygens (including phenoxy) is 1. The Hall–Kier alpha value is -0.610. The third kappa shape index (κ3) is 2.69. The Morgan fingerprint density at radius 1 is 1.64 bits per heavy atom. The summed E-state index contributed by atoms with van der Waals surface area (Å²) in [4.78, 5) is 11.2. The van der Waals surface area contributed by atoms with Crippen molar-refractivity contribution in [2.45, 2.75) is 44.2 Å². The van der Waals surface area contributed by atoms with Gasteiger partial charge in [0.15, 0.2) is 0 Å². The van der Waals surface area contributed by atoms with E-state index >= 15 is 0 Å². The van der Waals surface area contributed by atoms with Crippen molar-refractivity contribution in [2.24, 2.45) is 0 Å². The molecule has 4 heteroatoms. The van der Waals surface area contributed by atoms with Crippen molar-refractivity contribution in [3.63, 3.8) is 0 Å². The lowest BCUT2D eigenvalue weighted by Crippen LogP contribution is -2.50. The normalized spacial score (nSPS) is 21.1. The predicted molar refractivity (Wildman–Crippen MR) is 52.9 cm³/mol. The van der Waals surface area contributed by atoms with Gasteiger partial charge in [-0.2, -0.15) is 0 Å². The zero-order valence-electron chi connectivity index (χ0n) is 8.88. The van der Waals surface area contributed by atoms with E-state index in [4.69, 9.17) is 0 Å². The van der Waals surface area contributed by atoms with E-state index in [1.54, 1.807) is 0 Å². The molecule has 1 aliphatic rings. The van der Waals surface area contributed by atoms with Crippen molar-refractivity contribution in [1.82, 2.24) is 5.32 Å². The van der Waals surface area contributed by atoms with Gasteiger partial charge < -0.3 is 15.2 Å². The fraction of sp³-hybridized carbons (Fsp3) is 0.900. The van der Waals surface area contributed by atoms with Crippen LogP contribution < -0.4 is 5.32 Å². The second kappa shape index (κ2) is 4.75. The van der Waals surface area contributed by atoms with E-state index in [0.717, 1.165) is 19.3 Å². The van der Waals surface area contributed by atoms with Gasteiger partial charge in [0.2, 0.25) is 0 Å². The zero-order chi connectivity index (χ0) is 10.6. The van der Waals surface area contributed by atoms with Crippen LogP contribution in [0, 0.1) is 0 Å². The van der Waals surface area contributed by atoms with Gasteiger partial charge in [-0.05, 0) is 25.7 Å². The Kier molecular flexibility index (Phi) is 3.89. The first-order valence-electron chi connectivity index (χ1n) is 5.15. The molecule has 0 aromatic carbocycles. The van der Waals surface area contributed by atoms with Crippen molar-refractivity contribution in [3.05, 3.63) is 0 Å². The summed E-state index contributed by atoms with van der Waals surface area (Å²) in [7, 11) is 1.38. The van der Waals surface area contributed by atoms with Crippen LogP contribution in [0.15, 0.2) is 0 Å². The molecule has 2 N–H and O–H groups in total. The number of carbonyl (C=O) groups is 1. The molecule has 0 aromatic rings. The largest absolute Gasteiger partial charge is 0.468 e. The summed E-state index contributed by atoms with van der Waals surface area (Å²) in [5, 5.41) is 12.8. The molecule has 1 rings (SSSR count). The van der Waals surface area contributed by atoms with Crippen LogP contribution in [0.5, 0.6) is 0 Å². The summed E-state index contributed by atoms with van der Waals surface area (Å²) in [6, 6.07) is -0.287. The maximum Gasteiger partial charge on any atom is 0.322 e. The van der Waals surface area contributed by atoms with Gasteiger partial charge in [-0.15, -0.1) is 0 Å². The first kappa shape index (κ1) is 11.5. The SMILES string of the molecule is CCC(NCC1(O)CCC1)C(=O)OC. The van der Waals surface area contributed by atoms with Crippen LogP contribution >= 0.6 is 0 Å². The summed E-state index contributed by atoms with van der Waals surface area (Å²) in [5.41, 5.74) is -0.582. The van der Waals surface area contributed by atoms with Gasteiger partial charge in [-0.3, -0.25) is 4.79 Å². The predicted octanol–water partition coefficient (Wildman–Crippen LogP) is 0.443. The highest BCUT2D eigenvalue weighted by Gasteiger charge is 2.35. The highest BCUT2D eigenvalue weighted by Crippen LogP contribution is 2.30. The van der Waals surface area contributed by atoms with E-state index in [1.165, 1.54) is 7.11 Å². The fourth-order valence-corrected chi connectivity index (χ4v) is 1.61. The molecule has 1 atom stereocenters. The summed E-state index contributed by atoms with van der Waals surface area (Å²) in [6.07, 6.45) is 3.42. The van der Waals surface area contributed by atoms with Gasteiger partial charge in [0.05, 0.1) is 12.7 Å². The number of methoxy groups -OCH3 is 1. The number of aliphatic hydroxyl groups is 1. The van der Waals surface area contributed by atoms with Gasteiger partial charge >= 0.3 is 5.97 Å². The molecule has 1 unspecified atom stereocenters. The standard InChI is InChI=1S/C10H19NO3/c1-3-8(9(12)14-2)11-7-10(13)5-4-6-10/h8,11,13H,3-7H2,1-2H3. The topological polar surface area (TPSA) is 58.6 Å². The lowest BCUT2D eigenvalue weighted by Gasteiger charge is -2.37. The smallest absolute Gasteiger partial charge is 0.322 e. The maximum absolute atomic E-state index is 11.2. The lowest BCUT2D eigenvalue weighted by molar-refractivity contribution is -0.143. The van der Waals surface area contributed by atoms with E-state index in [9.17, 15) is 9.90 Å². The summed E-state index contributed by atoms with van der Waals surface area (Å²) in [5.74, 6) is -0.254. The molecule has 0 aliphatic heterocycles. The van der Waals surface area contributed by atoms with Gasteiger partial charge in [-0.25, -0.2) is 0 Å². The molecule has 0 bridgehead atoms. The van der Waals surface area contributed by atoms with Crippen LogP contribution in [0.3, 0.4) is 0 Å². The molecule has 0 aromatic heterocycles. The van der Waals surface area contributed by atoms with Crippen molar-refractivity contribution < 1.29 is 14.6 Å². The summed E-state index contributed by atoms with van der Waals surface area (Å²) >= 11 is 0. The minimum absolute atomic E-state index is 0.254. The van der Waals surface area contributed by atoms with Crippen LogP contribution in [0.4, 0.5) is 0 Å². The molecule has 4 nitrogen and oxygen atoms in total. The van der Waals surface area contributed by atoms with Crippen LogP contribution in [0.1, 0.15) is 32.6 Å². The number of esters is 1. The zero-order valence-corrected chi connectivity index (χ0v) is 8.88. The Bertz CT molecular complexity index is 202. The van der Waals surface area contributed by atoms with Gasteiger partial charge in [0.1, 0.15) is 6.04 Å². The molecule has 14 heavy (non-hydrogen) atoms. The quantitative estimate of drug-likeness (QED) is 0.634. The molecule has 1 saturated carbocycles. The van der Waals surface area contributed by atoms with Gasteiger partial charge in [0, 0.05) is 6.54 Å². The van der Waals surface area contributed by atoms with Gasteiger partial charge in [0.25, 0.3) is 0 Å². The molecule has 1 aliphatic carbocycles. The lowest BCUT2D eigenvalue weighted by atomic mass is 9.80. The third-order valence-electron chi connectivity index (χ3n) is 2.86. The first-order valence-corrected chi connectivity index (χ1v) is 5.15. The molecular formula is C10H19NO3. The van der Waals surface area contributed by atoms with Crippen LogP contribution in [0.2, 0.25) is 0 Å². The second-order valence-corrected chi connectivity index (χ2v) is 3.94. The Balaban J connectivity index is 2.30. The third-order valence-corrected chi connectivity index (χ3v) is 2.86. The van der Waals surface area contributed by atoms with E-state index in [-0.39, 0.29) is 12.0 Å². The summed E-state index contributed by atoms with van der Waals surface area (Å²) < 4.78 is 4.64. The number of rotatable bonds is 5. The molecule has 82 valence electrons. The first-order chi connectivity index (χ1) is 6.61. The fourth-order valence-electron chi connectivity index (χ4n) is 1.61. The highest BCUT2D eigenvalue weighted by molar-refractivity contribution is 5.75. The summed E-state index contributed by atoms with van der Waals surface area (Å²) in [6.45, 7) is 2.40. The Morgan fingerprint density at radius 2 is 2.29 bits per heavy atom. The van der Waals surface area contributed by atoms with Crippen molar-refractivity contribution >= 4 is 5.97 Å². The van der Waals surface area contributed by atoms with E-state index in [0.29, 0.717) is 13.0 Å². The van der Waals surface area contributed by atoms with Crippen molar-refractivity contribution in [1.29, 1.82) is 0 Å². The van der Waals surface area contributed by atoms with Crippen LogP contribution in [-0.4, -0.2) is 36.4 Å². The molecule has 0 amide bonds. The number of hydrogen-bond acceptors (Lipinski definition) is 4. The van der Waals surface area contributed by atoms with Crippen molar-refractivity contribution in [2.75, 3.05) is 13.7 Å². The van der Waals surface area contributed by atoms with E-state index < -0.39 is 5.60 Å². The number of nitrogens with one attached hydrogen (secondary N) is 1. The second-order valence-electron chi connectivity index (χ2n) is 3.94. The average Bonchev–Trinajstić information content (AvgIpc) is 2.15. The number of hydrogen-bond donors (Lipinski definition) is 2. The Labute approximate surface area is 84.6 Å². The highest BCUT2D eigenvalue weighted by atomic mass is 16.5. The molecular weight excluding hydrogens is 182 g/mol. The minimum atomic E-state index is -0.582. The molecule has 1 fully saturated rings. The van der Waals surface area contributed by atoms with E-state index in [2.05, 4.69) is 10.1 Å². The number of carbonyl (C=O) groups excluding carboxylic acids is 1. The monoisotopic (exact) mass is 201 g/mol. The van der Waals surface area contributed by atoms with Crippen LogP contribution in [-0.2, 0) is 9.53 Å². The van der Waals surface area contributed by atoms with Gasteiger partial charge in [-0.1, -0.05) is 6.92 Å². The van der Waals surface area contributed by atoms with Crippen molar-refractivity contribution in [3.8, 4) is 0 Å². The maximum atomic E-state index is 11.2.